The predicted octanol–water partition coefficient (Wildman–Crippen LogP) is 0.720. The van der Waals surface area contributed by atoms with Crippen molar-refractivity contribution >= 4 is 23.4 Å². The molecule has 5 heteroatoms. The molecule has 106 valence electrons. The summed E-state index contributed by atoms with van der Waals surface area (Å²) in [5.74, 6) is -2.62. The van der Waals surface area contributed by atoms with Crippen molar-refractivity contribution in [3.8, 4) is 0 Å². The van der Waals surface area contributed by atoms with Gasteiger partial charge in [-0.15, -0.1) is 0 Å². The molecule has 1 aliphatic heterocycles. The van der Waals surface area contributed by atoms with Crippen molar-refractivity contribution in [2.75, 3.05) is 0 Å². The van der Waals surface area contributed by atoms with Crippen LogP contribution in [0.2, 0.25) is 0 Å². The van der Waals surface area contributed by atoms with Gasteiger partial charge in [-0.2, -0.15) is 0 Å². The Hall–Kier alpha value is -2.30. The number of fused-ring (bicyclic) bond motifs is 3. The maximum Gasteiger partial charge on any atom is 0.234 e. The summed E-state index contributed by atoms with van der Waals surface area (Å²) in [5, 5.41) is 0. The lowest BCUT2D eigenvalue weighted by Gasteiger charge is -2.21. The summed E-state index contributed by atoms with van der Waals surface area (Å²) in [4.78, 5) is 50.0. The summed E-state index contributed by atoms with van der Waals surface area (Å²) in [6, 6.07) is 9.22. The number of piperidine rings is 1. The maximum absolute atomic E-state index is 12.4. The molecule has 0 bridgehead atoms. The van der Waals surface area contributed by atoms with Crippen LogP contribution in [-0.4, -0.2) is 28.3 Å². The van der Waals surface area contributed by atoms with Crippen molar-refractivity contribution in [2.45, 2.75) is 19.4 Å². The van der Waals surface area contributed by atoms with Gasteiger partial charge in [0, 0.05) is 12.8 Å². The molecule has 3 fully saturated rings. The second kappa shape index (κ2) is 3.87. The van der Waals surface area contributed by atoms with E-state index in [0.29, 0.717) is 0 Å². The first kappa shape index (κ1) is 12.4. The molecule has 0 unspecified atom stereocenters. The van der Waals surface area contributed by atoms with Crippen LogP contribution in [0.5, 0.6) is 0 Å². The zero-order valence-corrected chi connectivity index (χ0v) is 11.2. The van der Waals surface area contributed by atoms with Gasteiger partial charge in [0.25, 0.3) is 0 Å². The minimum absolute atomic E-state index is 0.172. The minimum atomic E-state index is -1.28. The van der Waals surface area contributed by atoms with Gasteiger partial charge in [-0.1, -0.05) is 30.3 Å². The predicted molar refractivity (Wildman–Crippen MR) is 70.7 cm³/mol. The number of benzene rings is 1. The lowest BCUT2D eigenvalue weighted by molar-refractivity contribution is -0.149. The first-order valence-electron chi connectivity index (χ1n) is 7.04. The first-order chi connectivity index (χ1) is 10.1. The molecule has 0 aromatic heterocycles. The van der Waals surface area contributed by atoms with Crippen molar-refractivity contribution in [3.05, 3.63) is 35.9 Å². The largest absolute Gasteiger partial charge is 0.299 e. The number of Topliss-reactive ketones (excluding diaryl/α,β-unsaturated/α-hetero) is 2. The summed E-state index contributed by atoms with van der Waals surface area (Å²) in [6.45, 7) is 0.212. The second-order valence-corrected chi connectivity index (χ2v) is 5.92. The Morgan fingerprint density at radius 3 is 1.95 bits per heavy atom. The molecule has 4 rings (SSSR count). The highest BCUT2D eigenvalue weighted by atomic mass is 16.2. The summed E-state index contributed by atoms with van der Waals surface area (Å²) in [5.41, 5.74) is -0.417. The van der Waals surface area contributed by atoms with Crippen LogP contribution < -0.4 is 0 Å². The highest BCUT2D eigenvalue weighted by Crippen LogP contribution is 2.67. The van der Waals surface area contributed by atoms with Gasteiger partial charge in [-0.25, -0.2) is 0 Å². The van der Waals surface area contributed by atoms with E-state index in [0.717, 1.165) is 5.56 Å². The zero-order chi connectivity index (χ0) is 14.8. The lowest BCUT2D eigenvalue weighted by Crippen LogP contribution is -2.40. The molecule has 1 heterocycles. The van der Waals surface area contributed by atoms with E-state index < -0.39 is 17.3 Å². The van der Waals surface area contributed by atoms with Crippen molar-refractivity contribution in [1.82, 2.24) is 4.90 Å². The normalized spacial score (nSPS) is 29.4. The molecule has 2 amide bonds. The van der Waals surface area contributed by atoms with Gasteiger partial charge in [0.15, 0.2) is 0 Å². The Kier molecular flexibility index (Phi) is 2.29. The van der Waals surface area contributed by atoms with Gasteiger partial charge in [0.1, 0.15) is 17.0 Å². The van der Waals surface area contributed by atoms with E-state index in [4.69, 9.17) is 0 Å². The van der Waals surface area contributed by atoms with Crippen LogP contribution in [-0.2, 0) is 25.7 Å². The summed E-state index contributed by atoms with van der Waals surface area (Å²) < 4.78 is 0. The van der Waals surface area contributed by atoms with Gasteiger partial charge in [0.2, 0.25) is 11.8 Å². The first-order valence-corrected chi connectivity index (χ1v) is 7.04. The number of imide groups is 1. The van der Waals surface area contributed by atoms with Crippen LogP contribution in [0.15, 0.2) is 30.3 Å². The van der Waals surface area contributed by atoms with Gasteiger partial charge in [0.05, 0.1) is 18.4 Å². The molecule has 0 radical (unpaired) electrons. The number of nitrogens with zero attached hydrogens (tertiary/aromatic N) is 1. The Balaban J connectivity index is 1.62. The summed E-state index contributed by atoms with van der Waals surface area (Å²) in [6.07, 6.45) is 0.343. The lowest BCUT2D eigenvalue weighted by atomic mass is 9.95. The minimum Gasteiger partial charge on any atom is -0.299 e. The van der Waals surface area contributed by atoms with Crippen LogP contribution >= 0.6 is 0 Å². The van der Waals surface area contributed by atoms with E-state index in [9.17, 15) is 19.2 Å². The van der Waals surface area contributed by atoms with Gasteiger partial charge in [-0.05, 0) is 5.56 Å². The quantitative estimate of drug-likeness (QED) is 0.592. The molecule has 2 saturated carbocycles. The Labute approximate surface area is 120 Å². The molecule has 0 N–H and O–H groups in total. The SMILES string of the molecule is O=C1[C@@H]2[C@H](C(=O)N1Cc1ccccc1)C21C(=O)CCC1=O. The summed E-state index contributed by atoms with van der Waals surface area (Å²) in [7, 11) is 0. The molecule has 1 aromatic carbocycles. The van der Waals surface area contributed by atoms with Crippen LogP contribution in [0.1, 0.15) is 18.4 Å². The molecule has 1 saturated heterocycles. The number of carbonyl (C=O) groups excluding carboxylic acids is 4. The van der Waals surface area contributed by atoms with Crippen LogP contribution in [0.4, 0.5) is 0 Å². The van der Waals surface area contributed by atoms with E-state index in [1.54, 1.807) is 0 Å². The number of amides is 2. The molecule has 3 aliphatic rings. The third kappa shape index (κ3) is 1.36. The van der Waals surface area contributed by atoms with Crippen molar-refractivity contribution in [1.29, 1.82) is 0 Å². The van der Waals surface area contributed by atoms with Crippen LogP contribution in [0.3, 0.4) is 0 Å². The number of hydrogen-bond donors (Lipinski definition) is 0. The zero-order valence-electron chi connectivity index (χ0n) is 11.2. The fraction of sp³-hybridized carbons (Fsp3) is 0.375. The Morgan fingerprint density at radius 1 is 0.905 bits per heavy atom. The molecule has 2 aliphatic carbocycles. The number of likely N-dealkylation sites (tertiary alicyclic amines) is 1. The fourth-order valence-corrected chi connectivity index (χ4v) is 3.92. The van der Waals surface area contributed by atoms with E-state index in [-0.39, 0.29) is 42.8 Å². The van der Waals surface area contributed by atoms with E-state index in [1.165, 1.54) is 4.90 Å². The molecule has 1 aromatic rings. The average molecular weight is 283 g/mol. The van der Waals surface area contributed by atoms with E-state index >= 15 is 0 Å². The van der Waals surface area contributed by atoms with Gasteiger partial charge >= 0.3 is 0 Å². The third-order valence-corrected chi connectivity index (χ3v) is 4.95. The molecular formula is C16H13NO4. The number of hydrogen-bond acceptors (Lipinski definition) is 4. The molecule has 5 nitrogen and oxygen atoms in total. The molecular weight excluding hydrogens is 270 g/mol. The summed E-state index contributed by atoms with van der Waals surface area (Å²) >= 11 is 0. The molecule has 21 heavy (non-hydrogen) atoms. The standard InChI is InChI=1S/C16H13NO4/c18-10-6-7-11(19)16(10)12-13(16)15(21)17(14(12)20)8-9-4-2-1-3-5-9/h1-5,12-13H,6-8H2/t12-,13+. The van der Waals surface area contributed by atoms with Crippen LogP contribution in [0, 0.1) is 17.3 Å². The maximum atomic E-state index is 12.4. The molecule has 1 spiro atoms. The number of carbonyl (C=O) groups is 4. The molecule has 2 atom stereocenters. The van der Waals surface area contributed by atoms with Crippen molar-refractivity contribution in [2.24, 2.45) is 17.3 Å². The third-order valence-electron chi connectivity index (χ3n) is 4.95. The van der Waals surface area contributed by atoms with E-state index in [2.05, 4.69) is 0 Å². The van der Waals surface area contributed by atoms with Gasteiger partial charge < -0.3 is 0 Å². The Morgan fingerprint density at radius 2 is 1.43 bits per heavy atom. The van der Waals surface area contributed by atoms with Crippen molar-refractivity contribution in [3.63, 3.8) is 0 Å². The van der Waals surface area contributed by atoms with Gasteiger partial charge in [-0.3, -0.25) is 24.1 Å². The number of rotatable bonds is 2. The second-order valence-electron chi connectivity index (χ2n) is 5.92. The fourth-order valence-electron chi connectivity index (χ4n) is 3.92. The van der Waals surface area contributed by atoms with E-state index in [1.807, 2.05) is 30.3 Å². The highest BCUT2D eigenvalue weighted by Gasteiger charge is 2.84. The van der Waals surface area contributed by atoms with Crippen LogP contribution in [0.25, 0.3) is 0 Å². The highest BCUT2D eigenvalue weighted by molar-refractivity contribution is 6.28. The van der Waals surface area contributed by atoms with Crippen molar-refractivity contribution < 1.29 is 19.2 Å². The smallest absolute Gasteiger partial charge is 0.234 e. The monoisotopic (exact) mass is 283 g/mol. The average Bonchev–Trinajstić information content (AvgIpc) is 3.04. The number of ketones is 2. The Bertz CT molecular complexity index is 653. The topological polar surface area (TPSA) is 71.5 Å².